The smallest absolute Gasteiger partial charge is 0.228 e. The van der Waals surface area contributed by atoms with Crippen LogP contribution in [-0.2, 0) is 11.2 Å². The highest BCUT2D eigenvalue weighted by atomic mass is 16.2. The second-order valence-corrected chi connectivity index (χ2v) is 5.17. The second kappa shape index (κ2) is 5.40. The van der Waals surface area contributed by atoms with Crippen LogP contribution in [0.3, 0.4) is 0 Å². The summed E-state index contributed by atoms with van der Waals surface area (Å²) in [5.41, 5.74) is 3.69. The molecule has 0 unspecified atom stereocenters. The number of nitrogens with zero attached hydrogens (tertiary/aromatic N) is 3. The van der Waals surface area contributed by atoms with Crippen LogP contribution in [0.25, 0.3) is 16.9 Å². The first-order valence-corrected chi connectivity index (χ1v) is 6.88. The van der Waals surface area contributed by atoms with E-state index >= 15 is 0 Å². The van der Waals surface area contributed by atoms with E-state index in [2.05, 4.69) is 4.98 Å². The summed E-state index contributed by atoms with van der Waals surface area (Å²) >= 11 is 0. The third kappa shape index (κ3) is 2.52. The van der Waals surface area contributed by atoms with Gasteiger partial charge < -0.3 is 9.30 Å². The van der Waals surface area contributed by atoms with E-state index < -0.39 is 0 Å². The number of pyridine rings is 1. The Kier molecular flexibility index (Phi) is 3.44. The van der Waals surface area contributed by atoms with Crippen molar-refractivity contribution in [2.24, 2.45) is 0 Å². The lowest BCUT2D eigenvalue weighted by Gasteiger charge is -2.11. The zero-order valence-electron chi connectivity index (χ0n) is 12.2. The van der Waals surface area contributed by atoms with E-state index in [-0.39, 0.29) is 5.91 Å². The van der Waals surface area contributed by atoms with Gasteiger partial charge in [0.25, 0.3) is 0 Å². The van der Waals surface area contributed by atoms with Crippen molar-refractivity contribution in [3.63, 3.8) is 0 Å². The molecule has 1 aromatic carbocycles. The van der Waals surface area contributed by atoms with Gasteiger partial charge in [-0.2, -0.15) is 0 Å². The number of carbonyl (C=O) groups is 1. The van der Waals surface area contributed by atoms with Crippen molar-refractivity contribution in [2.45, 2.75) is 6.42 Å². The number of hydrogen-bond donors (Lipinski definition) is 0. The summed E-state index contributed by atoms with van der Waals surface area (Å²) in [4.78, 5) is 18.4. The van der Waals surface area contributed by atoms with Crippen LogP contribution in [-0.4, -0.2) is 34.3 Å². The number of hydrogen-bond acceptors (Lipinski definition) is 2. The van der Waals surface area contributed by atoms with Crippen molar-refractivity contribution in [1.29, 1.82) is 0 Å². The molecule has 3 aromatic rings. The Morgan fingerprint density at radius 3 is 2.52 bits per heavy atom. The lowest BCUT2D eigenvalue weighted by Crippen LogP contribution is -2.24. The van der Waals surface area contributed by atoms with E-state index in [9.17, 15) is 4.79 Å². The first kappa shape index (κ1) is 13.4. The van der Waals surface area contributed by atoms with Crippen molar-refractivity contribution in [1.82, 2.24) is 14.3 Å². The molecule has 2 aromatic heterocycles. The van der Waals surface area contributed by atoms with E-state index in [1.54, 1.807) is 19.0 Å². The SMILES string of the molecule is CN(C)C(=O)Cc1c(-c2ccccc2)nc2ccccn12. The number of amides is 1. The lowest BCUT2D eigenvalue weighted by molar-refractivity contribution is -0.128. The summed E-state index contributed by atoms with van der Waals surface area (Å²) in [6.07, 6.45) is 2.29. The van der Waals surface area contributed by atoms with Crippen molar-refractivity contribution < 1.29 is 4.79 Å². The van der Waals surface area contributed by atoms with Crippen LogP contribution in [0.2, 0.25) is 0 Å². The highest BCUT2D eigenvalue weighted by molar-refractivity contribution is 5.81. The molecular weight excluding hydrogens is 262 g/mol. The summed E-state index contributed by atoms with van der Waals surface area (Å²) < 4.78 is 1.99. The Morgan fingerprint density at radius 1 is 1.10 bits per heavy atom. The van der Waals surface area contributed by atoms with Gasteiger partial charge >= 0.3 is 0 Å². The Labute approximate surface area is 123 Å². The molecule has 3 rings (SSSR count). The predicted octanol–water partition coefficient (Wildman–Crippen LogP) is 2.63. The molecule has 0 spiro atoms. The molecule has 0 N–H and O–H groups in total. The summed E-state index contributed by atoms with van der Waals surface area (Å²) in [7, 11) is 3.54. The van der Waals surface area contributed by atoms with Gasteiger partial charge in [0.2, 0.25) is 5.91 Å². The van der Waals surface area contributed by atoms with E-state index in [0.717, 1.165) is 22.6 Å². The van der Waals surface area contributed by atoms with Gasteiger partial charge in [-0.05, 0) is 12.1 Å². The lowest BCUT2D eigenvalue weighted by atomic mass is 10.1. The maximum Gasteiger partial charge on any atom is 0.228 e. The molecule has 4 heteroatoms. The van der Waals surface area contributed by atoms with Gasteiger partial charge in [-0.15, -0.1) is 0 Å². The molecule has 0 aliphatic rings. The zero-order chi connectivity index (χ0) is 14.8. The Balaban J connectivity index is 2.17. The van der Waals surface area contributed by atoms with Gasteiger partial charge in [-0.1, -0.05) is 36.4 Å². The fourth-order valence-electron chi connectivity index (χ4n) is 2.34. The summed E-state index contributed by atoms with van der Waals surface area (Å²) in [6, 6.07) is 15.8. The molecule has 0 atom stereocenters. The minimum Gasteiger partial charge on any atom is -0.348 e. The van der Waals surface area contributed by atoms with Crippen LogP contribution in [0.1, 0.15) is 5.69 Å². The van der Waals surface area contributed by atoms with Crippen LogP contribution < -0.4 is 0 Å². The number of carbonyl (C=O) groups excluding carboxylic acids is 1. The summed E-state index contributed by atoms with van der Waals surface area (Å²) in [6.45, 7) is 0. The van der Waals surface area contributed by atoms with Gasteiger partial charge in [-0.3, -0.25) is 4.79 Å². The Bertz CT molecular complexity index is 775. The van der Waals surface area contributed by atoms with E-state index in [0.29, 0.717) is 6.42 Å². The molecule has 4 nitrogen and oxygen atoms in total. The third-order valence-corrected chi connectivity index (χ3v) is 3.49. The normalized spacial score (nSPS) is 10.8. The fraction of sp³-hybridized carbons (Fsp3) is 0.176. The predicted molar refractivity (Wildman–Crippen MR) is 83.0 cm³/mol. The number of likely N-dealkylation sites (N-methyl/N-ethyl adjacent to an activating group) is 1. The van der Waals surface area contributed by atoms with Crippen LogP contribution >= 0.6 is 0 Å². The second-order valence-electron chi connectivity index (χ2n) is 5.17. The number of imidazole rings is 1. The molecule has 0 aliphatic heterocycles. The van der Waals surface area contributed by atoms with E-state index in [4.69, 9.17) is 0 Å². The molecule has 0 saturated heterocycles. The number of aromatic nitrogens is 2. The topological polar surface area (TPSA) is 37.6 Å². The highest BCUT2D eigenvalue weighted by Gasteiger charge is 2.17. The Morgan fingerprint density at radius 2 is 1.81 bits per heavy atom. The van der Waals surface area contributed by atoms with Crippen LogP contribution in [0.15, 0.2) is 54.7 Å². The Hall–Kier alpha value is -2.62. The largest absolute Gasteiger partial charge is 0.348 e. The minimum absolute atomic E-state index is 0.0674. The van der Waals surface area contributed by atoms with Gasteiger partial charge in [0.05, 0.1) is 17.8 Å². The average Bonchev–Trinajstić information content (AvgIpc) is 2.87. The monoisotopic (exact) mass is 279 g/mol. The average molecular weight is 279 g/mol. The molecule has 2 heterocycles. The molecule has 0 bridgehead atoms. The van der Waals surface area contributed by atoms with Gasteiger partial charge in [0.1, 0.15) is 5.65 Å². The van der Waals surface area contributed by atoms with Crippen molar-refractivity contribution in [3.05, 3.63) is 60.4 Å². The molecule has 0 fully saturated rings. The van der Waals surface area contributed by atoms with Gasteiger partial charge in [0, 0.05) is 25.9 Å². The quantitative estimate of drug-likeness (QED) is 0.739. The number of fused-ring (bicyclic) bond motifs is 1. The van der Waals surface area contributed by atoms with Crippen LogP contribution in [0, 0.1) is 0 Å². The molecule has 1 amide bonds. The summed E-state index contributed by atoms with van der Waals surface area (Å²) in [5, 5.41) is 0. The molecule has 0 radical (unpaired) electrons. The molecule has 21 heavy (non-hydrogen) atoms. The first-order chi connectivity index (χ1) is 10.2. The van der Waals surface area contributed by atoms with Gasteiger partial charge in [-0.25, -0.2) is 4.98 Å². The maximum absolute atomic E-state index is 12.1. The summed E-state index contributed by atoms with van der Waals surface area (Å²) in [5.74, 6) is 0.0674. The molecule has 106 valence electrons. The highest BCUT2D eigenvalue weighted by Crippen LogP contribution is 2.24. The standard InChI is InChI=1S/C17H17N3O/c1-19(2)16(21)12-14-17(13-8-4-3-5-9-13)18-15-10-6-7-11-20(14)15/h3-11H,12H2,1-2H3. The number of benzene rings is 1. The fourth-order valence-corrected chi connectivity index (χ4v) is 2.34. The van der Waals surface area contributed by atoms with E-state index in [1.807, 2.05) is 59.1 Å². The molecule has 0 aliphatic carbocycles. The van der Waals surface area contributed by atoms with Gasteiger partial charge in [0.15, 0.2) is 0 Å². The third-order valence-electron chi connectivity index (χ3n) is 3.49. The maximum atomic E-state index is 12.1. The first-order valence-electron chi connectivity index (χ1n) is 6.88. The van der Waals surface area contributed by atoms with Crippen molar-refractivity contribution in [3.8, 4) is 11.3 Å². The van der Waals surface area contributed by atoms with Crippen molar-refractivity contribution >= 4 is 11.6 Å². The minimum atomic E-state index is 0.0674. The van der Waals surface area contributed by atoms with Crippen LogP contribution in [0.5, 0.6) is 0 Å². The number of rotatable bonds is 3. The molecule has 0 saturated carbocycles. The zero-order valence-corrected chi connectivity index (χ0v) is 12.2. The van der Waals surface area contributed by atoms with Crippen molar-refractivity contribution in [2.75, 3.05) is 14.1 Å². The van der Waals surface area contributed by atoms with Crippen LogP contribution in [0.4, 0.5) is 0 Å². The molecular formula is C17H17N3O. The van der Waals surface area contributed by atoms with E-state index in [1.165, 1.54) is 0 Å².